The number of aromatic nitrogens is 1. The van der Waals surface area contributed by atoms with Crippen molar-refractivity contribution in [1.82, 2.24) is 4.57 Å². The Labute approximate surface area is 116 Å². The number of hydrogen-bond donors (Lipinski definition) is 2. The normalized spacial score (nSPS) is 12.8. The monoisotopic (exact) mass is 275 g/mol. The molecule has 0 radical (unpaired) electrons. The van der Waals surface area contributed by atoms with E-state index in [0.717, 1.165) is 0 Å². The minimum absolute atomic E-state index is 0.0952. The minimum atomic E-state index is -1.06. The summed E-state index contributed by atoms with van der Waals surface area (Å²) in [5.41, 5.74) is -0.171. The number of nitrogens with zero attached hydrogens (tertiary/aromatic N) is 1. The van der Waals surface area contributed by atoms with Crippen LogP contribution in [-0.4, -0.2) is 27.4 Å². The van der Waals surface area contributed by atoms with Crippen molar-refractivity contribution < 1.29 is 15.0 Å². The highest BCUT2D eigenvalue weighted by Crippen LogP contribution is 2.19. The van der Waals surface area contributed by atoms with Gasteiger partial charge in [0.15, 0.2) is 0 Å². The molecule has 0 fully saturated rings. The van der Waals surface area contributed by atoms with Gasteiger partial charge in [-0.1, -0.05) is 19.9 Å². The number of fused-ring (bicyclic) bond motifs is 1. The molecule has 5 heteroatoms. The van der Waals surface area contributed by atoms with Crippen molar-refractivity contribution in [2.24, 2.45) is 5.92 Å². The second-order valence-electron chi connectivity index (χ2n) is 5.09. The molecular weight excluding hydrogens is 258 g/mol. The van der Waals surface area contributed by atoms with Crippen molar-refractivity contribution in [2.45, 2.75) is 19.9 Å². The van der Waals surface area contributed by atoms with E-state index in [4.69, 9.17) is 5.11 Å². The van der Waals surface area contributed by atoms with Gasteiger partial charge in [-0.3, -0.25) is 4.79 Å². The van der Waals surface area contributed by atoms with E-state index in [9.17, 15) is 14.7 Å². The zero-order valence-corrected chi connectivity index (χ0v) is 11.4. The molecule has 5 nitrogen and oxygen atoms in total. The second kappa shape index (κ2) is 5.46. The lowest BCUT2D eigenvalue weighted by molar-refractivity contribution is 0.0699. The molecule has 0 spiro atoms. The summed E-state index contributed by atoms with van der Waals surface area (Å²) in [6.45, 7) is 3.71. The van der Waals surface area contributed by atoms with Gasteiger partial charge >= 0.3 is 5.97 Å². The van der Waals surface area contributed by atoms with Crippen LogP contribution in [0.25, 0.3) is 10.8 Å². The third-order valence-corrected chi connectivity index (χ3v) is 3.52. The van der Waals surface area contributed by atoms with Crippen molar-refractivity contribution in [2.75, 3.05) is 6.61 Å². The Bertz CT molecular complexity index is 703. The summed E-state index contributed by atoms with van der Waals surface area (Å²) in [4.78, 5) is 23.6. The van der Waals surface area contributed by atoms with E-state index >= 15 is 0 Å². The van der Waals surface area contributed by atoms with E-state index in [1.807, 2.05) is 13.8 Å². The average Bonchev–Trinajstić information content (AvgIpc) is 2.41. The largest absolute Gasteiger partial charge is 0.478 e. The highest BCUT2D eigenvalue weighted by molar-refractivity contribution is 6.03. The standard InChI is InChI=1S/C15H17NO4/c1-9(2)13(8-17)16-7-6-10-11(14(16)18)4-3-5-12(10)15(19)20/h3-7,9,13,17H,8H2,1-2H3,(H,19,20). The quantitative estimate of drug-likeness (QED) is 0.893. The Morgan fingerprint density at radius 2 is 1.95 bits per heavy atom. The molecule has 1 aromatic carbocycles. The molecule has 0 amide bonds. The molecule has 1 unspecified atom stereocenters. The number of carboxylic acids is 1. The predicted molar refractivity (Wildman–Crippen MR) is 76.1 cm³/mol. The SMILES string of the molecule is CC(C)C(CO)n1ccc2c(C(=O)O)cccc2c1=O. The van der Waals surface area contributed by atoms with Gasteiger partial charge in [0.05, 0.1) is 18.2 Å². The Morgan fingerprint density at radius 3 is 2.50 bits per heavy atom. The number of hydrogen-bond acceptors (Lipinski definition) is 3. The molecule has 1 aromatic heterocycles. The van der Waals surface area contributed by atoms with Crippen molar-refractivity contribution in [1.29, 1.82) is 0 Å². The van der Waals surface area contributed by atoms with Gasteiger partial charge in [-0.05, 0) is 24.1 Å². The molecule has 0 bridgehead atoms. The summed E-state index contributed by atoms with van der Waals surface area (Å²) in [7, 11) is 0. The van der Waals surface area contributed by atoms with Crippen molar-refractivity contribution >= 4 is 16.7 Å². The van der Waals surface area contributed by atoms with Gasteiger partial charge in [0.1, 0.15) is 0 Å². The van der Waals surface area contributed by atoms with Crippen LogP contribution >= 0.6 is 0 Å². The molecule has 2 aromatic rings. The molecule has 0 aliphatic rings. The van der Waals surface area contributed by atoms with Crippen LogP contribution in [0.1, 0.15) is 30.2 Å². The number of pyridine rings is 1. The summed E-state index contributed by atoms with van der Waals surface area (Å²) in [6.07, 6.45) is 1.55. The molecule has 0 aliphatic carbocycles. The van der Waals surface area contributed by atoms with E-state index in [-0.39, 0.29) is 29.7 Å². The first-order chi connectivity index (χ1) is 9.47. The van der Waals surface area contributed by atoms with Gasteiger partial charge in [-0.2, -0.15) is 0 Å². The van der Waals surface area contributed by atoms with Gasteiger partial charge in [-0.25, -0.2) is 4.79 Å². The molecule has 1 atom stereocenters. The number of aliphatic hydroxyl groups excluding tert-OH is 1. The van der Waals surface area contributed by atoms with E-state index < -0.39 is 5.97 Å². The van der Waals surface area contributed by atoms with Crippen LogP contribution in [0.5, 0.6) is 0 Å². The number of aromatic carboxylic acids is 1. The highest BCUT2D eigenvalue weighted by Gasteiger charge is 2.18. The van der Waals surface area contributed by atoms with Gasteiger partial charge in [-0.15, -0.1) is 0 Å². The van der Waals surface area contributed by atoms with Crippen molar-refractivity contribution in [3.8, 4) is 0 Å². The summed E-state index contributed by atoms with van der Waals surface area (Å²) in [5, 5.41) is 19.3. The molecule has 0 saturated carbocycles. The third kappa shape index (κ3) is 2.32. The number of benzene rings is 1. The summed E-state index contributed by atoms with van der Waals surface area (Å²) in [6, 6.07) is 5.93. The highest BCUT2D eigenvalue weighted by atomic mass is 16.4. The molecule has 0 saturated heterocycles. The zero-order chi connectivity index (χ0) is 14.9. The van der Waals surface area contributed by atoms with E-state index in [1.165, 1.54) is 10.6 Å². The van der Waals surface area contributed by atoms with Crippen LogP contribution in [0.15, 0.2) is 35.3 Å². The van der Waals surface area contributed by atoms with Gasteiger partial charge in [0.2, 0.25) is 0 Å². The van der Waals surface area contributed by atoms with E-state index in [2.05, 4.69) is 0 Å². The number of carboxylic acid groups (broad SMARTS) is 1. The van der Waals surface area contributed by atoms with Crippen LogP contribution in [-0.2, 0) is 0 Å². The van der Waals surface area contributed by atoms with Crippen LogP contribution in [0, 0.1) is 5.92 Å². The maximum Gasteiger partial charge on any atom is 0.336 e. The molecule has 106 valence electrons. The average molecular weight is 275 g/mol. The van der Waals surface area contributed by atoms with Crippen LogP contribution < -0.4 is 5.56 Å². The lowest BCUT2D eigenvalue weighted by Crippen LogP contribution is -2.29. The predicted octanol–water partition coefficient (Wildman–Crippen LogP) is 1.89. The minimum Gasteiger partial charge on any atom is -0.478 e. The molecule has 2 N–H and O–H groups in total. The van der Waals surface area contributed by atoms with Gasteiger partial charge < -0.3 is 14.8 Å². The number of carbonyl (C=O) groups is 1. The Hall–Kier alpha value is -2.14. The Balaban J connectivity index is 2.72. The van der Waals surface area contributed by atoms with E-state index in [0.29, 0.717) is 10.8 Å². The zero-order valence-electron chi connectivity index (χ0n) is 11.4. The molecule has 0 aliphatic heterocycles. The van der Waals surface area contributed by atoms with Crippen LogP contribution in [0.2, 0.25) is 0 Å². The topological polar surface area (TPSA) is 79.5 Å². The first-order valence-corrected chi connectivity index (χ1v) is 6.45. The van der Waals surface area contributed by atoms with E-state index in [1.54, 1.807) is 24.4 Å². The molecule has 20 heavy (non-hydrogen) atoms. The first kappa shape index (κ1) is 14.3. The molecule has 2 rings (SSSR count). The second-order valence-corrected chi connectivity index (χ2v) is 5.09. The fraction of sp³-hybridized carbons (Fsp3) is 0.333. The fourth-order valence-corrected chi connectivity index (χ4v) is 2.36. The van der Waals surface area contributed by atoms with Crippen LogP contribution in [0.3, 0.4) is 0 Å². The maximum absolute atomic E-state index is 12.5. The lowest BCUT2D eigenvalue weighted by atomic mass is 10.0. The van der Waals surface area contributed by atoms with Crippen molar-refractivity contribution in [3.63, 3.8) is 0 Å². The van der Waals surface area contributed by atoms with Gasteiger partial charge in [0.25, 0.3) is 5.56 Å². The third-order valence-electron chi connectivity index (χ3n) is 3.52. The fourth-order valence-electron chi connectivity index (χ4n) is 2.36. The lowest BCUT2D eigenvalue weighted by Gasteiger charge is -2.21. The Kier molecular flexibility index (Phi) is 3.90. The van der Waals surface area contributed by atoms with Gasteiger partial charge in [0, 0.05) is 17.0 Å². The summed E-state index contributed by atoms with van der Waals surface area (Å²) < 4.78 is 1.47. The number of aliphatic hydroxyl groups is 1. The molecular formula is C15H17NO4. The first-order valence-electron chi connectivity index (χ1n) is 6.45. The summed E-state index contributed by atoms with van der Waals surface area (Å²) >= 11 is 0. The molecule has 1 heterocycles. The number of rotatable bonds is 4. The maximum atomic E-state index is 12.5. The van der Waals surface area contributed by atoms with Crippen molar-refractivity contribution in [3.05, 3.63) is 46.4 Å². The smallest absolute Gasteiger partial charge is 0.336 e. The summed E-state index contributed by atoms with van der Waals surface area (Å²) in [5.74, 6) is -0.965. The van der Waals surface area contributed by atoms with Crippen LogP contribution in [0.4, 0.5) is 0 Å². The Morgan fingerprint density at radius 1 is 1.25 bits per heavy atom.